The van der Waals surface area contributed by atoms with Gasteiger partial charge >= 0.3 is 0 Å². The van der Waals surface area contributed by atoms with E-state index in [9.17, 15) is 18.0 Å². The van der Waals surface area contributed by atoms with Gasteiger partial charge in [0.1, 0.15) is 12.6 Å². The number of anilines is 1. The molecule has 0 bridgehead atoms. The monoisotopic (exact) mass is 589 g/mol. The number of hydrogen-bond acceptors (Lipinski definition) is 4. The van der Waals surface area contributed by atoms with Crippen molar-refractivity contribution in [3.63, 3.8) is 0 Å². The van der Waals surface area contributed by atoms with E-state index in [1.54, 1.807) is 25.1 Å². The molecule has 0 radical (unpaired) electrons. The van der Waals surface area contributed by atoms with E-state index >= 15 is 0 Å². The zero-order valence-corrected chi connectivity index (χ0v) is 24.5. The van der Waals surface area contributed by atoms with Gasteiger partial charge in [0.2, 0.25) is 11.8 Å². The quantitative estimate of drug-likeness (QED) is 0.299. The van der Waals surface area contributed by atoms with Gasteiger partial charge in [-0.3, -0.25) is 13.9 Å². The van der Waals surface area contributed by atoms with Gasteiger partial charge in [-0.15, -0.1) is 0 Å². The highest BCUT2D eigenvalue weighted by Gasteiger charge is 2.32. The molecule has 7 nitrogen and oxygen atoms in total. The van der Waals surface area contributed by atoms with Crippen LogP contribution in [0.25, 0.3) is 0 Å². The molecule has 0 fully saturated rings. The van der Waals surface area contributed by atoms with Gasteiger partial charge in [-0.05, 0) is 62.6 Å². The first kappa shape index (κ1) is 30.5. The Morgan fingerprint density at radius 2 is 1.51 bits per heavy atom. The Morgan fingerprint density at radius 1 is 0.897 bits per heavy atom. The largest absolute Gasteiger partial charge is 0.352 e. The third kappa shape index (κ3) is 7.97. The molecule has 39 heavy (non-hydrogen) atoms. The molecule has 10 heteroatoms. The lowest BCUT2D eigenvalue weighted by molar-refractivity contribution is -0.139. The van der Waals surface area contributed by atoms with Gasteiger partial charge < -0.3 is 10.2 Å². The zero-order valence-electron chi connectivity index (χ0n) is 22.2. The van der Waals surface area contributed by atoms with Gasteiger partial charge in [0.15, 0.2) is 0 Å². The maximum Gasteiger partial charge on any atom is 0.264 e. The van der Waals surface area contributed by atoms with E-state index in [2.05, 4.69) is 5.32 Å². The SMILES string of the molecule is CC[C@@H](C)NC(=O)[C@H](C)N(CCc1ccccc1)C(=O)CN(c1ccc(Cl)c(Cl)c1)S(=O)(=O)c1ccccc1. The van der Waals surface area contributed by atoms with Crippen molar-refractivity contribution < 1.29 is 18.0 Å². The zero-order chi connectivity index (χ0) is 28.6. The number of benzene rings is 3. The molecular weight excluding hydrogens is 557 g/mol. The molecular formula is C29H33Cl2N3O4S. The van der Waals surface area contributed by atoms with E-state index in [0.29, 0.717) is 6.42 Å². The summed E-state index contributed by atoms with van der Waals surface area (Å²) in [6.45, 7) is 5.18. The molecule has 0 aliphatic rings. The second-order valence-corrected chi connectivity index (χ2v) is 11.9. The fourth-order valence-corrected chi connectivity index (χ4v) is 5.64. The standard InChI is InChI=1S/C29H33Cl2N3O4S/c1-4-21(2)32-29(36)22(3)33(18-17-23-11-7-5-8-12-23)28(35)20-34(24-15-16-26(30)27(31)19-24)39(37,38)25-13-9-6-10-14-25/h5-16,19,21-22H,4,17-18,20H2,1-3H3,(H,32,36)/t21-,22+/m1/s1. The third-order valence-electron chi connectivity index (χ3n) is 6.45. The number of carbonyl (C=O) groups excluding carboxylic acids is 2. The Bertz CT molecular complexity index is 1370. The predicted octanol–water partition coefficient (Wildman–Crippen LogP) is 5.56. The summed E-state index contributed by atoms with van der Waals surface area (Å²) in [5, 5.41) is 3.32. The number of sulfonamides is 1. The molecule has 3 rings (SSSR count). The van der Waals surface area contributed by atoms with Crippen molar-refractivity contribution in [2.24, 2.45) is 0 Å². The first-order valence-electron chi connectivity index (χ1n) is 12.7. The van der Waals surface area contributed by atoms with Gasteiger partial charge in [-0.1, -0.05) is 78.7 Å². The molecule has 0 unspecified atom stereocenters. The molecule has 0 aromatic heterocycles. The highest BCUT2D eigenvalue weighted by atomic mass is 35.5. The van der Waals surface area contributed by atoms with Crippen LogP contribution in [0.1, 0.15) is 32.8 Å². The first-order chi connectivity index (χ1) is 18.5. The number of nitrogens with zero attached hydrogens (tertiary/aromatic N) is 2. The van der Waals surface area contributed by atoms with Crippen LogP contribution in [0.15, 0.2) is 83.8 Å². The summed E-state index contributed by atoms with van der Waals surface area (Å²) in [4.78, 5) is 28.4. The molecule has 2 amide bonds. The van der Waals surface area contributed by atoms with Crippen LogP contribution < -0.4 is 9.62 Å². The number of halogens is 2. The predicted molar refractivity (Wildman–Crippen MR) is 157 cm³/mol. The van der Waals surface area contributed by atoms with Gasteiger partial charge in [-0.25, -0.2) is 8.42 Å². The molecule has 2 atom stereocenters. The summed E-state index contributed by atoms with van der Waals surface area (Å²) in [7, 11) is -4.16. The number of hydrogen-bond donors (Lipinski definition) is 1. The number of rotatable bonds is 12. The third-order valence-corrected chi connectivity index (χ3v) is 8.98. The summed E-state index contributed by atoms with van der Waals surface area (Å²) < 4.78 is 28.5. The molecule has 3 aromatic rings. The van der Waals surface area contributed by atoms with E-state index in [1.165, 1.54) is 35.2 Å². The number of amides is 2. The molecule has 0 aliphatic carbocycles. The lowest BCUT2D eigenvalue weighted by Gasteiger charge is -2.32. The Kier molecular flexibility index (Phi) is 10.8. The Labute approximate surface area is 240 Å². The maximum atomic E-state index is 13.9. The van der Waals surface area contributed by atoms with Crippen molar-refractivity contribution in [1.29, 1.82) is 0 Å². The first-order valence-corrected chi connectivity index (χ1v) is 14.9. The van der Waals surface area contributed by atoms with Crippen LogP contribution in [0.3, 0.4) is 0 Å². The lowest BCUT2D eigenvalue weighted by Crippen LogP contribution is -2.53. The minimum absolute atomic E-state index is 0.0160. The van der Waals surface area contributed by atoms with E-state index in [0.717, 1.165) is 16.3 Å². The number of carbonyl (C=O) groups is 2. The van der Waals surface area contributed by atoms with E-state index in [-0.39, 0.29) is 39.1 Å². The minimum atomic E-state index is -4.16. The van der Waals surface area contributed by atoms with Crippen LogP contribution in [0, 0.1) is 0 Å². The molecule has 0 spiro atoms. The molecule has 0 saturated heterocycles. The van der Waals surface area contributed by atoms with Crippen molar-refractivity contribution in [2.45, 2.75) is 50.6 Å². The highest BCUT2D eigenvalue weighted by molar-refractivity contribution is 7.92. The maximum absolute atomic E-state index is 13.9. The van der Waals surface area contributed by atoms with Crippen LogP contribution >= 0.6 is 23.2 Å². The van der Waals surface area contributed by atoms with Crippen molar-refractivity contribution in [2.75, 3.05) is 17.4 Å². The average Bonchev–Trinajstić information content (AvgIpc) is 2.94. The molecule has 0 heterocycles. The van der Waals surface area contributed by atoms with E-state index in [4.69, 9.17) is 23.2 Å². The smallest absolute Gasteiger partial charge is 0.264 e. The molecule has 0 aliphatic heterocycles. The van der Waals surface area contributed by atoms with Crippen LogP contribution in [-0.2, 0) is 26.0 Å². The van der Waals surface area contributed by atoms with Gasteiger partial charge in [-0.2, -0.15) is 0 Å². The summed E-state index contributed by atoms with van der Waals surface area (Å²) in [6.07, 6.45) is 1.22. The summed E-state index contributed by atoms with van der Waals surface area (Å²) >= 11 is 12.3. The fraction of sp³-hybridized carbons (Fsp3) is 0.310. The van der Waals surface area contributed by atoms with Gasteiger partial charge in [0.25, 0.3) is 10.0 Å². The average molecular weight is 591 g/mol. The van der Waals surface area contributed by atoms with Crippen molar-refractivity contribution in [3.05, 3.63) is 94.5 Å². The number of nitrogens with one attached hydrogen (secondary N) is 1. The normalized spacial score (nSPS) is 12.8. The van der Waals surface area contributed by atoms with Crippen LogP contribution in [-0.4, -0.2) is 50.3 Å². The van der Waals surface area contributed by atoms with E-state index in [1.807, 2.05) is 44.2 Å². The summed E-state index contributed by atoms with van der Waals surface area (Å²) in [6, 6.07) is 20.9. The van der Waals surface area contributed by atoms with Gasteiger partial charge in [0, 0.05) is 12.6 Å². The summed E-state index contributed by atoms with van der Waals surface area (Å²) in [5.74, 6) is -0.832. The molecule has 0 saturated carbocycles. The highest BCUT2D eigenvalue weighted by Crippen LogP contribution is 2.30. The second kappa shape index (κ2) is 13.8. The van der Waals surface area contributed by atoms with Crippen molar-refractivity contribution in [1.82, 2.24) is 10.2 Å². The van der Waals surface area contributed by atoms with Crippen molar-refractivity contribution in [3.8, 4) is 0 Å². The molecule has 1 N–H and O–H groups in total. The minimum Gasteiger partial charge on any atom is -0.352 e. The van der Waals surface area contributed by atoms with Crippen LogP contribution in [0.2, 0.25) is 10.0 Å². The van der Waals surface area contributed by atoms with E-state index < -0.39 is 28.5 Å². The molecule has 3 aromatic carbocycles. The molecule has 208 valence electrons. The topological polar surface area (TPSA) is 86.8 Å². The lowest BCUT2D eigenvalue weighted by atomic mass is 10.1. The Morgan fingerprint density at radius 3 is 2.10 bits per heavy atom. The van der Waals surface area contributed by atoms with Gasteiger partial charge in [0.05, 0.1) is 20.6 Å². The van der Waals surface area contributed by atoms with Crippen LogP contribution in [0.5, 0.6) is 0 Å². The van der Waals surface area contributed by atoms with Crippen LogP contribution in [0.4, 0.5) is 5.69 Å². The Hall–Kier alpha value is -3.07. The van der Waals surface area contributed by atoms with Crippen molar-refractivity contribution >= 4 is 50.7 Å². The second-order valence-electron chi connectivity index (χ2n) is 9.24. The Balaban J connectivity index is 1.98. The fourth-order valence-electron chi connectivity index (χ4n) is 3.92. The summed E-state index contributed by atoms with van der Waals surface area (Å²) in [5.41, 5.74) is 1.17.